The number of hydrogen-bond donors (Lipinski definition) is 2. The molecule has 5 heterocycles. The zero-order valence-corrected chi connectivity index (χ0v) is 19.5. The third-order valence-corrected chi connectivity index (χ3v) is 8.29. The number of sulfone groups is 1. The van der Waals surface area contributed by atoms with Crippen molar-refractivity contribution >= 4 is 48.8 Å². The molecule has 2 aliphatic rings. The molecule has 2 N–H and O–H groups in total. The van der Waals surface area contributed by atoms with Crippen molar-refractivity contribution in [3.05, 3.63) is 54.7 Å². The van der Waals surface area contributed by atoms with E-state index in [1.165, 1.54) is 24.0 Å². The van der Waals surface area contributed by atoms with Crippen LogP contribution in [0.4, 0.5) is 17.5 Å². The molecule has 0 saturated carbocycles. The zero-order valence-electron chi connectivity index (χ0n) is 17.9. The van der Waals surface area contributed by atoms with Gasteiger partial charge in [0.1, 0.15) is 22.5 Å². The SMILES string of the molecule is CS(=O)(=O)c1cccc(-c2nc3cc(Nc4cccc(N5C[C@@H]6C[C@H]5CN6)n4)ncc3s2)c1. The number of fused-ring (bicyclic) bond motifs is 3. The third-order valence-electron chi connectivity index (χ3n) is 6.13. The van der Waals surface area contributed by atoms with Gasteiger partial charge < -0.3 is 15.5 Å². The minimum atomic E-state index is -3.28. The molecule has 2 atom stereocenters. The highest BCUT2D eigenvalue weighted by Crippen LogP contribution is 2.33. The lowest BCUT2D eigenvalue weighted by atomic mass is 10.2. The largest absolute Gasteiger partial charge is 0.351 e. The van der Waals surface area contributed by atoms with E-state index in [1.54, 1.807) is 24.4 Å². The van der Waals surface area contributed by atoms with Crippen LogP contribution in [0.1, 0.15) is 6.42 Å². The van der Waals surface area contributed by atoms with Crippen LogP contribution in [-0.2, 0) is 9.84 Å². The first-order chi connectivity index (χ1) is 15.9. The van der Waals surface area contributed by atoms with E-state index in [-0.39, 0.29) is 4.90 Å². The van der Waals surface area contributed by atoms with Crippen LogP contribution in [0.5, 0.6) is 0 Å². The summed E-state index contributed by atoms with van der Waals surface area (Å²) < 4.78 is 24.7. The second-order valence-corrected chi connectivity index (χ2v) is 11.6. The van der Waals surface area contributed by atoms with Gasteiger partial charge >= 0.3 is 0 Å². The van der Waals surface area contributed by atoms with Gasteiger partial charge in [-0.3, -0.25) is 0 Å². The first-order valence-electron chi connectivity index (χ1n) is 10.7. The van der Waals surface area contributed by atoms with Crippen molar-refractivity contribution in [1.82, 2.24) is 20.3 Å². The monoisotopic (exact) mass is 478 g/mol. The molecule has 2 bridgehead atoms. The lowest BCUT2D eigenvalue weighted by molar-refractivity contribution is 0.576. The molecule has 2 aliphatic heterocycles. The van der Waals surface area contributed by atoms with Gasteiger partial charge in [-0.15, -0.1) is 11.3 Å². The van der Waals surface area contributed by atoms with Gasteiger partial charge in [-0.2, -0.15) is 0 Å². The average Bonchev–Trinajstić information content (AvgIpc) is 3.54. The van der Waals surface area contributed by atoms with Gasteiger partial charge in [-0.1, -0.05) is 18.2 Å². The van der Waals surface area contributed by atoms with Crippen molar-refractivity contribution < 1.29 is 8.42 Å². The molecule has 6 rings (SSSR count). The van der Waals surface area contributed by atoms with Crippen molar-refractivity contribution in [1.29, 1.82) is 0 Å². The topological polar surface area (TPSA) is 100 Å². The fourth-order valence-electron chi connectivity index (χ4n) is 4.51. The Morgan fingerprint density at radius 2 is 2.00 bits per heavy atom. The smallest absolute Gasteiger partial charge is 0.175 e. The van der Waals surface area contributed by atoms with Crippen molar-refractivity contribution in [3.8, 4) is 10.6 Å². The standard InChI is InChI=1S/C23H22N6O2S2/c1-33(30,31)17-5-2-4-14(8-17)23-26-18-10-21(25-12-19(18)32-23)27-20-6-3-7-22(28-20)29-13-15-9-16(29)11-24-15/h2-8,10,12,15-16,24H,9,11,13H2,1H3,(H,25,27,28)/t15-,16-/m0/s1. The highest BCUT2D eigenvalue weighted by atomic mass is 32.2. The van der Waals surface area contributed by atoms with E-state index in [1.807, 2.05) is 24.3 Å². The molecule has 1 aromatic carbocycles. The molecule has 2 saturated heterocycles. The van der Waals surface area contributed by atoms with Crippen LogP contribution in [0, 0.1) is 0 Å². The molecule has 33 heavy (non-hydrogen) atoms. The van der Waals surface area contributed by atoms with E-state index in [2.05, 4.69) is 26.6 Å². The van der Waals surface area contributed by atoms with E-state index in [0.717, 1.165) is 45.5 Å². The highest BCUT2D eigenvalue weighted by molar-refractivity contribution is 7.90. The van der Waals surface area contributed by atoms with E-state index in [9.17, 15) is 8.42 Å². The summed E-state index contributed by atoms with van der Waals surface area (Å²) in [6.45, 7) is 2.01. The van der Waals surface area contributed by atoms with Gasteiger partial charge in [0.25, 0.3) is 0 Å². The van der Waals surface area contributed by atoms with Crippen LogP contribution < -0.4 is 15.5 Å². The number of anilines is 3. The Labute approximate surface area is 195 Å². The van der Waals surface area contributed by atoms with E-state index < -0.39 is 9.84 Å². The summed E-state index contributed by atoms with van der Waals surface area (Å²) >= 11 is 1.49. The number of piperazine rings is 1. The molecule has 0 amide bonds. The van der Waals surface area contributed by atoms with Gasteiger partial charge in [0.15, 0.2) is 9.84 Å². The number of benzene rings is 1. The minimum Gasteiger partial charge on any atom is -0.351 e. The van der Waals surface area contributed by atoms with E-state index >= 15 is 0 Å². The molecule has 8 nitrogen and oxygen atoms in total. The second kappa shape index (κ2) is 7.75. The summed E-state index contributed by atoms with van der Waals surface area (Å²) in [5.41, 5.74) is 1.58. The zero-order chi connectivity index (χ0) is 22.6. The van der Waals surface area contributed by atoms with Crippen LogP contribution in [0.3, 0.4) is 0 Å². The molecule has 10 heteroatoms. The maximum Gasteiger partial charge on any atom is 0.175 e. The molecule has 4 aromatic rings. The third kappa shape index (κ3) is 3.94. The number of nitrogens with one attached hydrogen (secondary N) is 2. The molecule has 0 aliphatic carbocycles. The van der Waals surface area contributed by atoms with Gasteiger partial charge in [-0.05, 0) is 30.7 Å². The maximum absolute atomic E-state index is 11.9. The van der Waals surface area contributed by atoms with Crippen molar-refractivity contribution in [2.24, 2.45) is 0 Å². The molecule has 168 valence electrons. The quantitative estimate of drug-likeness (QED) is 0.450. The summed E-state index contributed by atoms with van der Waals surface area (Å²) in [6, 6.07) is 15.8. The molecule has 2 fully saturated rings. The Balaban J connectivity index is 1.26. The summed E-state index contributed by atoms with van der Waals surface area (Å²) in [5, 5.41) is 7.58. The fourth-order valence-corrected chi connectivity index (χ4v) is 6.09. The van der Waals surface area contributed by atoms with Gasteiger partial charge in [0, 0.05) is 49.3 Å². The van der Waals surface area contributed by atoms with Crippen molar-refractivity contribution in [2.45, 2.75) is 23.4 Å². The first kappa shape index (κ1) is 20.5. The number of aromatic nitrogens is 3. The van der Waals surface area contributed by atoms with E-state index in [0.29, 0.717) is 17.9 Å². The van der Waals surface area contributed by atoms with E-state index in [4.69, 9.17) is 9.97 Å². The Bertz CT molecular complexity index is 1470. The Morgan fingerprint density at radius 1 is 1.12 bits per heavy atom. The molecular formula is C23H22N6O2S2. The van der Waals surface area contributed by atoms with Gasteiger partial charge in [0.05, 0.1) is 15.1 Å². The summed E-state index contributed by atoms with van der Waals surface area (Å²) in [6.07, 6.45) is 4.17. The van der Waals surface area contributed by atoms with Gasteiger partial charge in [0.2, 0.25) is 0 Å². The van der Waals surface area contributed by atoms with Crippen LogP contribution in [0.15, 0.2) is 59.6 Å². The van der Waals surface area contributed by atoms with Crippen molar-refractivity contribution in [3.63, 3.8) is 0 Å². The Morgan fingerprint density at radius 3 is 2.79 bits per heavy atom. The number of pyridine rings is 2. The maximum atomic E-state index is 11.9. The predicted molar refractivity (Wildman–Crippen MR) is 131 cm³/mol. The van der Waals surface area contributed by atoms with Crippen LogP contribution in [0.25, 0.3) is 20.8 Å². The number of nitrogens with zero attached hydrogens (tertiary/aromatic N) is 4. The van der Waals surface area contributed by atoms with Crippen molar-refractivity contribution in [2.75, 3.05) is 29.6 Å². The Kier molecular flexibility index (Phi) is 4.82. The molecule has 0 spiro atoms. The summed E-state index contributed by atoms with van der Waals surface area (Å²) in [4.78, 5) is 16.7. The van der Waals surface area contributed by atoms with Crippen LogP contribution in [-0.4, -0.2) is 54.8 Å². The molecule has 0 radical (unpaired) electrons. The Hall–Kier alpha value is -3.08. The lowest BCUT2D eigenvalue weighted by Crippen LogP contribution is -2.44. The molecule has 0 unspecified atom stereocenters. The predicted octanol–water partition coefficient (Wildman–Crippen LogP) is 3.45. The first-order valence-corrected chi connectivity index (χ1v) is 13.4. The number of rotatable bonds is 5. The lowest BCUT2D eigenvalue weighted by Gasteiger charge is -2.28. The fraction of sp³-hybridized carbons (Fsp3) is 0.261. The van der Waals surface area contributed by atoms with Crippen LogP contribution >= 0.6 is 11.3 Å². The highest BCUT2D eigenvalue weighted by Gasteiger charge is 2.38. The normalized spacial score (nSPS) is 20.0. The summed E-state index contributed by atoms with van der Waals surface area (Å²) in [5.74, 6) is 2.39. The molecular weight excluding hydrogens is 456 g/mol. The molecule has 3 aromatic heterocycles. The second-order valence-electron chi connectivity index (χ2n) is 8.51. The summed E-state index contributed by atoms with van der Waals surface area (Å²) in [7, 11) is -3.28. The minimum absolute atomic E-state index is 0.285. The number of thiazole rings is 1. The average molecular weight is 479 g/mol. The van der Waals surface area contributed by atoms with Crippen LogP contribution in [0.2, 0.25) is 0 Å². The van der Waals surface area contributed by atoms with Gasteiger partial charge in [-0.25, -0.2) is 23.4 Å². The number of hydrogen-bond acceptors (Lipinski definition) is 9.